The van der Waals surface area contributed by atoms with Gasteiger partial charge in [-0.25, -0.2) is 4.79 Å². The number of anilines is 1. The minimum Gasteiger partial charge on any atom is -0.325 e. The molecule has 1 heterocycles. The van der Waals surface area contributed by atoms with Gasteiger partial charge in [0.25, 0.3) is 11.8 Å². The van der Waals surface area contributed by atoms with Gasteiger partial charge in [-0.05, 0) is 36.4 Å². The van der Waals surface area contributed by atoms with Crippen LogP contribution in [0.1, 0.15) is 37.5 Å². The van der Waals surface area contributed by atoms with Gasteiger partial charge < -0.3 is 10.2 Å². The summed E-state index contributed by atoms with van der Waals surface area (Å²) in [4.78, 5) is 52.8. The van der Waals surface area contributed by atoms with E-state index in [0.717, 1.165) is 0 Å². The Kier molecular flexibility index (Phi) is 4.45. The van der Waals surface area contributed by atoms with E-state index < -0.39 is 23.7 Å². The number of hydrogen-bond donors (Lipinski definition) is 1. The minimum absolute atomic E-state index is 0.0832. The van der Waals surface area contributed by atoms with Crippen LogP contribution in [0, 0.1) is 11.3 Å². The topological polar surface area (TPSA) is 117 Å². The third kappa shape index (κ3) is 3.14. The Labute approximate surface area is 147 Å². The van der Waals surface area contributed by atoms with Gasteiger partial charge in [-0.3, -0.25) is 14.4 Å². The third-order valence-electron chi connectivity index (χ3n) is 3.57. The normalized spacial score (nSPS) is 12.3. The molecular weight excluding hydrogens is 338 g/mol. The first-order valence-corrected chi connectivity index (χ1v) is 7.48. The van der Waals surface area contributed by atoms with Crippen molar-refractivity contribution in [2.24, 2.45) is 0 Å². The van der Waals surface area contributed by atoms with Gasteiger partial charge >= 0.3 is 5.97 Å². The first kappa shape index (κ1) is 16.9. The molecule has 1 aliphatic rings. The van der Waals surface area contributed by atoms with Crippen molar-refractivity contribution < 1.29 is 24.0 Å². The second-order valence-corrected chi connectivity index (χ2v) is 5.29. The summed E-state index contributed by atoms with van der Waals surface area (Å²) in [7, 11) is 0. The van der Waals surface area contributed by atoms with E-state index in [-0.39, 0.29) is 23.1 Å². The molecule has 2 aromatic rings. The van der Waals surface area contributed by atoms with E-state index in [9.17, 15) is 19.2 Å². The number of rotatable bonds is 4. The molecule has 2 aromatic carbocycles. The van der Waals surface area contributed by atoms with Crippen LogP contribution in [-0.2, 0) is 9.63 Å². The fraction of sp³-hybridized carbons (Fsp3) is 0.0556. The Morgan fingerprint density at radius 3 is 2.12 bits per heavy atom. The highest BCUT2D eigenvalue weighted by atomic mass is 16.7. The second-order valence-electron chi connectivity index (χ2n) is 5.29. The molecule has 0 aromatic heterocycles. The number of amides is 3. The van der Waals surface area contributed by atoms with Gasteiger partial charge in [0.2, 0.25) is 5.91 Å². The highest BCUT2D eigenvalue weighted by molar-refractivity contribution is 6.21. The first-order valence-electron chi connectivity index (χ1n) is 7.48. The van der Waals surface area contributed by atoms with Crippen molar-refractivity contribution >= 4 is 29.4 Å². The van der Waals surface area contributed by atoms with Crippen molar-refractivity contribution in [3.63, 3.8) is 0 Å². The minimum atomic E-state index is -0.894. The molecule has 3 rings (SSSR count). The Morgan fingerprint density at radius 2 is 1.58 bits per heavy atom. The lowest BCUT2D eigenvalue weighted by Gasteiger charge is -2.12. The predicted molar refractivity (Wildman–Crippen MR) is 87.7 cm³/mol. The Morgan fingerprint density at radius 1 is 1.00 bits per heavy atom. The zero-order valence-electron chi connectivity index (χ0n) is 13.3. The average molecular weight is 349 g/mol. The van der Waals surface area contributed by atoms with Crippen molar-refractivity contribution in [2.45, 2.75) is 6.42 Å². The number of benzene rings is 2. The van der Waals surface area contributed by atoms with Crippen LogP contribution in [0.4, 0.5) is 5.69 Å². The van der Waals surface area contributed by atoms with Crippen LogP contribution in [0.5, 0.6) is 0 Å². The van der Waals surface area contributed by atoms with Gasteiger partial charge in [0, 0.05) is 5.69 Å². The van der Waals surface area contributed by atoms with Gasteiger partial charge in [-0.2, -0.15) is 5.26 Å². The van der Waals surface area contributed by atoms with Crippen molar-refractivity contribution in [1.82, 2.24) is 5.06 Å². The monoisotopic (exact) mass is 349 g/mol. The van der Waals surface area contributed by atoms with Gasteiger partial charge in [-0.1, -0.05) is 17.2 Å². The Hall–Kier alpha value is -3.99. The lowest BCUT2D eigenvalue weighted by Crippen LogP contribution is -2.32. The van der Waals surface area contributed by atoms with E-state index in [1.165, 1.54) is 36.4 Å². The first-order chi connectivity index (χ1) is 12.5. The molecule has 1 N–H and O–H groups in total. The molecule has 8 nitrogen and oxygen atoms in total. The maximum atomic E-state index is 12.2. The number of hydroxylamine groups is 2. The number of nitriles is 1. The van der Waals surface area contributed by atoms with Crippen molar-refractivity contribution in [1.29, 1.82) is 5.26 Å². The van der Waals surface area contributed by atoms with E-state index in [1.807, 2.05) is 0 Å². The van der Waals surface area contributed by atoms with Crippen LogP contribution in [0.3, 0.4) is 0 Å². The van der Waals surface area contributed by atoms with E-state index >= 15 is 0 Å². The summed E-state index contributed by atoms with van der Waals surface area (Å²) in [6.07, 6.45) is -0.288. The lowest BCUT2D eigenvalue weighted by atomic mass is 10.1. The number of carbonyl (C=O) groups excluding carboxylic acids is 4. The molecule has 26 heavy (non-hydrogen) atoms. The van der Waals surface area contributed by atoms with Crippen LogP contribution < -0.4 is 5.32 Å². The van der Waals surface area contributed by atoms with Crippen LogP contribution in [-0.4, -0.2) is 28.8 Å². The molecule has 0 aliphatic carbocycles. The van der Waals surface area contributed by atoms with E-state index in [2.05, 4.69) is 5.32 Å². The molecule has 0 spiro atoms. The quantitative estimate of drug-likeness (QED) is 0.843. The molecule has 0 saturated carbocycles. The molecular formula is C18H11N3O5. The Bertz CT molecular complexity index is 925. The molecule has 8 heteroatoms. The van der Waals surface area contributed by atoms with Crippen molar-refractivity contribution in [2.75, 3.05) is 5.32 Å². The summed E-state index contributed by atoms with van der Waals surface area (Å²) >= 11 is 0. The lowest BCUT2D eigenvalue weighted by molar-refractivity contribution is -0.115. The predicted octanol–water partition coefficient (Wildman–Crippen LogP) is 1.91. The summed E-state index contributed by atoms with van der Waals surface area (Å²) in [6.45, 7) is 0. The SMILES string of the molecule is N#CCC(=O)Nc1ccc(C(=O)ON2C(=O)c3ccccc3C2=O)cc1. The number of carbonyl (C=O) groups is 4. The fourth-order valence-corrected chi connectivity index (χ4v) is 2.35. The molecule has 0 bridgehead atoms. The van der Waals surface area contributed by atoms with Crippen molar-refractivity contribution in [3.05, 3.63) is 65.2 Å². The van der Waals surface area contributed by atoms with E-state index in [4.69, 9.17) is 10.1 Å². The number of nitrogens with one attached hydrogen (secondary N) is 1. The smallest absolute Gasteiger partial charge is 0.325 e. The van der Waals surface area contributed by atoms with Gasteiger partial charge in [0.05, 0.1) is 22.8 Å². The van der Waals surface area contributed by atoms with Gasteiger partial charge in [-0.15, -0.1) is 0 Å². The Balaban J connectivity index is 1.69. The van der Waals surface area contributed by atoms with Crippen LogP contribution >= 0.6 is 0 Å². The highest BCUT2D eigenvalue weighted by Gasteiger charge is 2.38. The maximum absolute atomic E-state index is 12.2. The van der Waals surface area contributed by atoms with E-state index in [0.29, 0.717) is 10.8 Å². The third-order valence-corrected chi connectivity index (χ3v) is 3.57. The van der Waals surface area contributed by atoms with Gasteiger partial charge in [0.15, 0.2) is 0 Å². The zero-order chi connectivity index (χ0) is 18.7. The average Bonchev–Trinajstić information content (AvgIpc) is 2.88. The number of hydrogen-bond acceptors (Lipinski definition) is 6. The van der Waals surface area contributed by atoms with E-state index in [1.54, 1.807) is 18.2 Å². The van der Waals surface area contributed by atoms with Crippen LogP contribution in [0.25, 0.3) is 0 Å². The maximum Gasteiger partial charge on any atom is 0.363 e. The molecule has 3 amide bonds. The summed E-state index contributed by atoms with van der Waals surface area (Å²) < 4.78 is 0. The number of imide groups is 1. The number of nitrogens with zero attached hydrogens (tertiary/aromatic N) is 2. The molecule has 128 valence electrons. The second kappa shape index (κ2) is 6.86. The summed E-state index contributed by atoms with van der Waals surface area (Å²) in [5.74, 6) is -2.79. The molecule has 1 aliphatic heterocycles. The molecule has 0 radical (unpaired) electrons. The van der Waals surface area contributed by atoms with Crippen LogP contribution in [0.2, 0.25) is 0 Å². The molecule has 0 fully saturated rings. The standard InChI is InChI=1S/C18H11N3O5/c19-10-9-15(22)20-12-7-5-11(6-8-12)18(25)26-21-16(23)13-3-1-2-4-14(13)17(21)24/h1-8H,9H2,(H,20,22). The summed E-state index contributed by atoms with van der Waals surface area (Å²) in [5.41, 5.74) is 0.809. The highest BCUT2D eigenvalue weighted by Crippen LogP contribution is 2.23. The summed E-state index contributed by atoms with van der Waals surface area (Å²) in [5, 5.41) is 11.3. The van der Waals surface area contributed by atoms with Crippen molar-refractivity contribution in [3.8, 4) is 6.07 Å². The van der Waals surface area contributed by atoms with Crippen LogP contribution in [0.15, 0.2) is 48.5 Å². The van der Waals surface area contributed by atoms with Gasteiger partial charge in [0.1, 0.15) is 6.42 Å². The number of fused-ring (bicyclic) bond motifs is 1. The zero-order valence-corrected chi connectivity index (χ0v) is 13.3. The molecule has 0 saturated heterocycles. The molecule has 0 unspecified atom stereocenters. The largest absolute Gasteiger partial charge is 0.363 e. The fourth-order valence-electron chi connectivity index (χ4n) is 2.35. The summed E-state index contributed by atoms with van der Waals surface area (Å²) in [6, 6.07) is 13.5. The molecule has 0 atom stereocenters.